The van der Waals surface area contributed by atoms with E-state index in [0.717, 1.165) is 25.3 Å². The summed E-state index contributed by atoms with van der Waals surface area (Å²) < 4.78 is 11.7. The molecule has 2 unspecified atom stereocenters. The zero-order chi connectivity index (χ0) is 15.3. The van der Waals surface area contributed by atoms with Gasteiger partial charge in [0.2, 0.25) is 0 Å². The number of rotatable bonds is 8. The van der Waals surface area contributed by atoms with Gasteiger partial charge in [-0.2, -0.15) is 0 Å². The van der Waals surface area contributed by atoms with Gasteiger partial charge in [-0.25, -0.2) is 0 Å². The lowest BCUT2D eigenvalue weighted by Gasteiger charge is -2.52. The second-order valence-electron chi connectivity index (χ2n) is 6.94. The van der Waals surface area contributed by atoms with Gasteiger partial charge in [0.1, 0.15) is 12.4 Å². The quantitative estimate of drug-likeness (QED) is 0.744. The average molecular weight is 291 g/mol. The normalized spacial score (nSPS) is 23.9. The Morgan fingerprint density at radius 1 is 1.24 bits per heavy atom. The van der Waals surface area contributed by atoms with Gasteiger partial charge in [0, 0.05) is 24.6 Å². The number of benzene rings is 1. The SMILES string of the molecule is CC(C)COC1CC(NCCOc2ccccc2)C1(C)C. The minimum Gasteiger partial charge on any atom is -0.492 e. The van der Waals surface area contributed by atoms with Crippen molar-refractivity contribution in [3.63, 3.8) is 0 Å². The summed E-state index contributed by atoms with van der Waals surface area (Å²) in [5, 5.41) is 3.59. The van der Waals surface area contributed by atoms with E-state index in [-0.39, 0.29) is 5.41 Å². The molecule has 0 spiro atoms. The first-order valence-corrected chi connectivity index (χ1v) is 8.03. The molecule has 1 saturated carbocycles. The molecule has 3 nitrogen and oxygen atoms in total. The molecule has 21 heavy (non-hydrogen) atoms. The fourth-order valence-electron chi connectivity index (χ4n) is 2.74. The topological polar surface area (TPSA) is 30.5 Å². The monoisotopic (exact) mass is 291 g/mol. The molecule has 2 rings (SSSR count). The summed E-state index contributed by atoms with van der Waals surface area (Å²) in [7, 11) is 0. The molecule has 0 aliphatic heterocycles. The Balaban J connectivity index is 1.64. The molecule has 0 amide bonds. The van der Waals surface area contributed by atoms with Gasteiger partial charge in [0.25, 0.3) is 0 Å². The molecule has 3 heteroatoms. The van der Waals surface area contributed by atoms with E-state index in [1.165, 1.54) is 0 Å². The molecule has 1 aromatic rings. The second-order valence-corrected chi connectivity index (χ2v) is 6.94. The van der Waals surface area contributed by atoms with Gasteiger partial charge in [-0.15, -0.1) is 0 Å². The molecular formula is C18H29NO2. The van der Waals surface area contributed by atoms with Crippen LogP contribution in [0.4, 0.5) is 0 Å². The third-order valence-corrected chi connectivity index (χ3v) is 4.31. The number of para-hydroxylation sites is 1. The highest BCUT2D eigenvalue weighted by atomic mass is 16.5. The summed E-state index contributed by atoms with van der Waals surface area (Å²) in [4.78, 5) is 0. The van der Waals surface area contributed by atoms with Crippen LogP contribution in [0.15, 0.2) is 30.3 Å². The van der Waals surface area contributed by atoms with Crippen LogP contribution in [-0.4, -0.2) is 31.9 Å². The number of ether oxygens (including phenoxy) is 2. The third kappa shape index (κ3) is 4.45. The number of hydrogen-bond donors (Lipinski definition) is 1. The minimum absolute atomic E-state index is 0.210. The maximum absolute atomic E-state index is 5.99. The van der Waals surface area contributed by atoms with Gasteiger partial charge in [0.15, 0.2) is 0 Å². The molecule has 1 N–H and O–H groups in total. The van der Waals surface area contributed by atoms with E-state index >= 15 is 0 Å². The van der Waals surface area contributed by atoms with E-state index in [0.29, 0.717) is 24.7 Å². The van der Waals surface area contributed by atoms with Crippen LogP contribution in [0, 0.1) is 11.3 Å². The van der Waals surface area contributed by atoms with Crippen molar-refractivity contribution in [2.45, 2.75) is 46.3 Å². The molecule has 0 radical (unpaired) electrons. The predicted molar refractivity (Wildman–Crippen MR) is 86.7 cm³/mol. The lowest BCUT2D eigenvalue weighted by Crippen LogP contribution is -2.61. The van der Waals surface area contributed by atoms with Crippen molar-refractivity contribution in [3.05, 3.63) is 30.3 Å². The lowest BCUT2D eigenvalue weighted by molar-refractivity contribution is -0.123. The standard InChI is InChI=1S/C18H29NO2/c1-14(2)13-21-17-12-16(18(17,3)4)19-10-11-20-15-8-6-5-7-9-15/h5-9,14,16-17,19H,10-13H2,1-4H3. The first-order valence-electron chi connectivity index (χ1n) is 8.03. The molecule has 0 saturated heterocycles. The lowest BCUT2D eigenvalue weighted by atomic mass is 9.64. The molecule has 118 valence electrons. The van der Waals surface area contributed by atoms with Crippen molar-refractivity contribution in [1.82, 2.24) is 5.32 Å². The van der Waals surface area contributed by atoms with E-state index in [4.69, 9.17) is 9.47 Å². The largest absolute Gasteiger partial charge is 0.492 e. The highest BCUT2D eigenvalue weighted by Gasteiger charge is 2.48. The second kappa shape index (κ2) is 7.28. The van der Waals surface area contributed by atoms with Crippen molar-refractivity contribution in [3.8, 4) is 5.75 Å². The Labute approximate surface area is 129 Å². The maximum atomic E-state index is 5.99. The van der Waals surface area contributed by atoms with Crippen molar-refractivity contribution in [2.24, 2.45) is 11.3 Å². The fraction of sp³-hybridized carbons (Fsp3) is 0.667. The zero-order valence-corrected chi connectivity index (χ0v) is 13.8. The van der Waals surface area contributed by atoms with Crippen molar-refractivity contribution < 1.29 is 9.47 Å². The Morgan fingerprint density at radius 2 is 1.95 bits per heavy atom. The molecule has 1 aromatic carbocycles. The molecule has 1 aliphatic rings. The van der Waals surface area contributed by atoms with Crippen LogP contribution in [0.1, 0.15) is 34.1 Å². The summed E-state index contributed by atoms with van der Waals surface area (Å²) in [6.45, 7) is 11.4. The van der Waals surface area contributed by atoms with Crippen LogP contribution in [0.2, 0.25) is 0 Å². The summed E-state index contributed by atoms with van der Waals surface area (Å²) >= 11 is 0. The average Bonchev–Trinajstić information content (AvgIpc) is 2.45. The zero-order valence-electron chi connectivity index (χ0n) is 13.8. The van der Waals surface area contributed by atoms with Gasteiger partial charge >= 0.3 is 0 Å². The highest BCUT2D eigenvalue weighted by molar-refractivity contribution is 5.20. The first-order chi connectivity index (χ1) is 10.00. The first kappa shape index (κ1) is 16.3. The highest BCUT2D eigenvalue weighted by Crippen LogP contribution is 2.42. The predicted octanol–water partition coefficient (Wildman–Crippen LogP) is 3.49. The van der Waals surface area contributed by atoms with Gasteiger partial charge in [-0.1, -0.05) is 45.9 Å². The smallest absolute Gasteiger partial charge is 0.119 e. The molecule has 1 aliphatic carbocycles. The van der Waals surface area contributed by atoms with Gasteiger partial charge in [-0.3, -0.25) is 0 Å². The van der Waals surface area contributed by atoms with E-state index in [1.54, 1.807) is 0 Å². The minimum atomic E-state index is 0.210. The molecule has 2 atom stereocenters. The van der Waals surface area contributed by atoms with E-state index in [2.05, 4.69) is 33.0 Å². The fourth-order valence-corrected chi connectivity index (χ4v) is 2.74. The van der Waals surface area contributed by atoms with E-state index in [1.807, 2.05) is 30.3 Å². The summed E-state index contributed by atoms with van der Waals surface area (Å²) in [6.07, 6.45) is 1.48. The van der Waals surface area contributed by atoms with Crippen LogP contribution in [0.3, 0.4) is 0 Å². The summed E-state index contributed by atoms with van der Waals surface area (Å²) in [5.74, 6) is 1.54. The summed E-state index contributed by atoms with van der Waals surface area (Å²) in [6, 6.07) is 10.5. The van der Waals surface area contributed by atoms with Crippen molar-refractivity contribution >= 4 is 0 Å². The van der Waals surface area contributed by atoms with Crippen molar-refractivity contribution in [2.75, 3.05) is 19.8 Å². The maximum Gasteiger partial charge on any atom is 0.119 e. The Hall–Kier alpha value is -1.06. The van der Waals surface area contributed by atoms with Gasteiger partial charge < -0.3 is 14.8 Å². The van der Waals surface area contributed by atoms with E-state index in [9.17, 15) is 0 Å². The van der Waals surface area contributed by atoms with Crippen LogP contribution in [0.5, 0.6) is 5.75 Å². The molecule has 0 bridgehead atoms. The van der Waals surface area contributed by atoms with Crippen LogP contribution < -0.4 is 10.1 Å². The third-order valence-electron chi connectivity index (χ3n) is 4.31. The molecule has 1 fully saturated rings. The molecule has 0 heterocycles. The number of hydrogen-bond acceptors (Lipinski definition) is 3. The molecule has 0 aromatic heterocycles. The van der Waals surface area contributed by atoms with Crippen molar-refractivity contribution in [1.29, 1.82) is 0 Å². The molecular weight excluding hydrogens is 262 g/mol. The van der Waals surface area contributed by atoms with Gasteiger partial charge in [0.05, 0.1) is 6.10 Å². The Kier molecular flexibility index (Phi) is 5.65. The van der Waals surface area contributed by atoms with Crippen LogP contribution in [-0.2, 0) is 4.74 Å². The van der Waals surface area contributed by atoms with Crippen LogP contribution >= 0.6 is 0 Å². The number of nitrogens with one attached hydrogen (secondary N) is 1. The van der Waals surface area contributed by atoms with E-state index < -0.39 is 0 Å². The summed E-state index contributed by atoms with van der Waals surface area (Å²) in [5.41, 5.74) is 0.210. The van der Waals surface area contributed by atoms with Gasteiger partial charge in [-0.05, 0) is 24.5 Å². The van der Waals surface area contributed by atoms with Crippen LogP contribution in [0.25, 0.3) is 0 Å². The Morgan fingerprint density at radius 3 is 2.57 bits per heavy atom. The Bertz CT molecular complexity index is 416.